The molecule has 0 fully saturated rings. The molecule has 0 amide bonds. The van der Waals surface area contributed by atoms with Gasteiger partial charge in [-0.2, -0.15) is 9.13 Å². The molecule has 0 saturated heterocycles. The van der Waals surface area contributed by atoms with Crippen LogP contribution in [0, 0.1) is 49.4 Å². The van der Waals surface area contributed by atoms with Crippen LogP contribution in [0.25, 0.3) is 21.8 Å². The Labute approximate surface area is 419 Å². The zero-order valence-electron chi connectivity index (χ0n) is 42.2. The molecule has 0 radical (unpaired) electrons. The van der Waals surface area contributed by atoms with E-state index in [0.29, 0.717) is 19.6 Å². The van der Waals surface area contributed by atoms with E-state index in [0.717, 1.165) is 81.7 Å². The molecule has 69 heavy (non-hydrogen) atoms. The monoisotopic (exact) mass is 989 g/mol. The molecule has 2 aliphatic carbocycles. The van der Waals surface area contributed by atoms with Crippen molar-refractivity contribution < 1.29 is 37.8 Å². The Kier molecular flexibility index (Phi) is 18.3. The number of nitrogens with zero attached hydrogens (tertiary/aromatic N) is 6. The Bertz CT molecular complexity index is 2780. The van der Waals surface area contributed by atoms with E-state index in [1.807, 2.05) is 134 Å². The lowest BCUT2D eigenvalue weighted by Crippen LogP contribution is -2.43. The van der Waals surface area contributed by atoms with E-state index in [4.69, 9.17) is 15.2 Å². The summed E-state index contributed by atoms with van der Waals surface area (Å²) in [6.45, 7) is 17.9. The van der Waals surface area contributed by atoms with E-state index in [2.05, 4.69) is 48.8 Å². The summed E-state index contributed by atoms with van der Waals surface area (Å²) in [4.78, 5) is 52.3. The van der Waals surface area contributed by atoms with Crippen molar-refractivity contribution >= 4 is 70.1 Å². The van der Waals surface area contributed by atoms with Gasteiger partial charge in [-0.05, 0) is 56.7 Å². The third-order valence-electron chi connectivity index (χ3n) is 14.6. The van der Waals surface area contributed by atoms with Crippen LogP contribution < -0.4 is 20.2 Å². The van der Waals surface area contributed by atoms with Gasteiger partial charge in [0.25, 0.3) is 11.6 Å². The number of ketones is 2. The fraction of sp³-hybridized carbons (Fsp3) is 0.509. The van der Waals surface area contributed by atoms with Crippen LogP contribution in [0.1, 0.15) is 111 Å². The van der Waals surface area contributed by atoms with E-state index in [1.165, 1.54) is 0 Å². The van der Waals surface area contributed by atoms with Crippen LogP contribution in [0.2, 0.25) is 0 Å². The summed E-state index contributed by atoms with van der Waals surface area (Å²) in [6, 6.07) is 16.3. The number of nitrogens with two attached hydrogens (primary N) is 1. The van der Waals surface area contributed by atoms with Gasteiger partial charge in [-0.3, -0.25) is 19.2 Å². The topological polar surface area (TPSA) is 152 Å². The molecule has 6 aromatic rings. The number of benzene rings is 2. The van der Waals surface area contributed by atoms with Gasteiger partial charge in [0.1, 0.15) is 37.9 Å². The number of imidazole rings is 2. The van der Waals surface area contributed by atoms with Crippen molar-refractivity contribution in [2.75, 3.05) is 20.1 Å². The number of aromatic nitrogens is 6. The lowest BCUT2D eigenvalue weighted by molar-refractivity contribution is -0.707. The lowest BCUT2D eigenvalue weighted by atomic mass is 9.85. The van der Waals surface area contributed by atoms with Crippen molar-refractivity contribution in [1.29, 1.82) is 0 Å². The number of nitrogens with one attached hydrogen (secondary N) is 1. The van der Waals surface area contributed by atoms with E-state index in [9.17, 15) is 19.2 Å². The summed E-state index contributed by atoms with van der Waals surface area (Å²) in [7, 11) is 5.95. The van der Waals surface area contributed by atoms with Crippen LogP contribution in [-0.2, 0) is 59.1 Å². The molecular formula is C53H74Cl2N8O6+2. The Morgan fingerprint density at radius 2 is 1.07 bits per heavy atom. The molecule has 0 aliphatic heterocycles. The first kappa shape index (κ1) is 54.7. The van der Waals surface area contributed by atoms with Gasteiger partial charge in [0.2, 0.25) is 12.5 Å². The normalized spacial score (nSPS) is 17.3. The van der Waals surface area contributed by atoms with Crippen LogP contribution >= 0.6 is 24.8 Å². The number of halogens is 2. The summed E-state index contributed by atoms with van der Waals surface area (Å²) in [5, 5.41) is 5.18. The Morgan fingerprint density at radius 1 is 0.681 bits per heavy atom. The molecule has 8 rings (SSSR count). The van der Waals surface area contributed by atoms with Crippen molar-refractivity contribution in [1.82, 2.24) is 23.6 Å². The minimum atomic E-state index is -0.446. The van der Waals surface area contributed by atoms with Gasteiger partial charge < -0.3 is 29.7 Å². The molecule has 3 N–H and O–H groups in total. The predicted molar refractivity (Wildman–Crippen MR) is 273 cm³/mol. The lowest BCUT2D eigenvalue weighted by Gasteiger charge is -2.22. The Hall–Kier alpha value is -5.28. The summed E-state index contributed by atoms with van der Waals surface area (Å²) in [5.41, 5.74) is 12.0. The maximum atomic E-state index is 13.5. The second kappa shape index (κ2) is 23.1. The summed E-state index contributed by atoms with van der Waals surface area (Å²) < 4.78 is 24.0. The zero-order valence-corrected chi connectivity index (χ0v) is 43.9. The number of aryl methyl sites for hydroxylation is 2. The summed E-state index contributed by atoms with van der Waals surface area (Å²) in [5.74, 6) is 1.55. The number of ether oxygens (including phenoxy) is 2. The van der Waals surface area contributed by atoms with E-state index < -0.39 is 12.5 Å². The largest absolute Gasteiger partial charge is 0.422 e. The Morgan fingerprint density at radius 3 is 1.45 bits per heavy atom. The number of rotatable bonds is 15. The Balaban J connectivity index is 0.000000250. The standard InChI is InChI=1S/C27H37N4O3.C26H35N4O3.2ClH/c1-17(2)22(15-28-5)27(33)34-19(4)31-14-13-30(18(31)3)16-20-11-12-24-25(26(20)32)21-9-7-8-10-23(21)29(24)6;1-16(2)21(14-27)26(32)33-18(4)30-13-12-29(17(30)3)15-19-10-11-23-24(25(19)31)20-8-6-7-9-22(20)28(23)5;;/h7-10,13-14,17,19-20,22,28H,11-12,15-16H2,1-6H3;6-9,12-13,16,18-19,21H,10-11,14-15,27H2,1-5H3;2*1H/q2*+1;;. The van der Waals surface area contributed by atoms with Gasteiger partial charge in [0, 0.05) is 99.2 Å². The minimum absolute atomic E-state index is 0. The number of hydrogen-bond donors (Lipinski definition) is 2. The number of esters is 2. The van der Waals surface area contributed by atoms with Crippen LogP contribution in [0.15, 0.2) is 73.3 Å². The molecule has 4 aromatic heterocycles. The van der Waals surface area contributed by atoms with E-state index in [1.54, 1.807) is 0 Å². The van der Waals surface area contributed by atoms with E-state index >= 15 is 0 Å². The van der Waals surface area contributed by atoms with Gasteiger partial charge in [-0.1, -0.05) is 64.1 Å². The smallest absolute Gasteiger partial charge is 0.313 e. The summed E-state index contributed by atoms with van der Waals surface area (Å²) >= 11 is 0. The molecular weight excluding hydrogens is 916 g/mol. The second-order valence-corrected chi connectivity index (χ2v) is 19.4. The number of hydrogen-bond acceptors (Lipinski definition) is 8. The molecule has 16 heteroatoms. The highest BCUT2D eigenvalue weighted by atomic mass is 35.5. The van der Waals surface area contributed by atoms with Crippen molar-refractivity contribution in [3.63, 3.8) is 0 Å². The van der Waals surface area contributed by atoms with Crippen molar-refractivity contribution in [3.05, 3.63) is 107 Å². The maximum absolute atomic E-state index is 13.5. The summed E-state index contributed by atoms with van der Waals surface area (Å²) in [6.07, 6.45) is 10.4. The van der Waals surface area contributed by atoms with E-state index in [-0.39, 0.29) is 90.4 Å². The molecule has 374 valence electrons. The van der Waals surface area contributed by atoms with Crippen molar-refractivity contribution in [2.45, 2.75) is 107 Å². The number of para-hydroxylation sites is 2. The van der Waals surface area contributed by atoms with Crippen LogP contribution in [0.3, 0.4) is 0 Å². The van der Waals surface area contributed by atoms with Gasteiger partial charge in [0.15, 0.2) is 11.6 Å². The fourth-order valence-corrected chi connectivity index (χ4v) is 10.4. The molecule has 0 bridgehead atoms. The number of fused-ring (bicyclic) bond motifs is 6. The highest BCUT2D eigenvalue weighted by Crippen LogP contribution is 2.35. The predicted octanol–water partition coefficient (Wildman–Crippen LogP) is 7.73. The number of carbonyl (C=O) groups excluding carboxylic acids is 4. The molecule has 6 unspecified atom stereocenters. The minimum Gasteiger partial charge on any atom is -0.422 e. The highest BCUT2D eigenvalue weighted by Gasteiger charge is 2.37. The number of Topliss-reactive ketones (excluding diaryl/α,β-unsaturated/α-hetero) is 2. The van der Waals surface area contributed by atoms with Crippen LogP contribution in [-0.4, -0.2) is 61.9 Å². The fourth-order valence-electron chi connectivity index (χ4n) is 10.4. The first-order chi connectivity index (χ1) is 32.0. The van der Waals surface area contributed by atoms with Crippen LogP contribution in [0.4, 0.5) is 0 Å². The molecule has 0 spiro atoms. The van der Waals surface area contributed by atoms with Gasteiger partial charge >= 0.3 is 11.9 Å². The molecule has 2 aliphatic rings. The highest BCUT2D eigenvalue weighted by molar-refractivity contribution is 6.12. The molecule has 4 heterocycles. The molecule has 2 aromatic carbocycles. The molecule has 14 nitrogen and oxygen atoms in total. The average Bonchev–Trinajstić information content (AvgIpc) is 4.02. The third kappa shape index (κ3) is 10.9. The average molecular weight is 990 g/mol. The molecule has 0 saturated carbocycles. The third-order valence-corrected chi connectivity index (χ3v) is 14.6. The maximum Gasteiger partial charge on any atom is 0.313 e. The quantitative estimate of drug-likeness (QED) is 0.0784. The van der Waals surface area contributed by atoms with Gasteiger partial charge in [-0.25, -0.2) is 9.13 Å². The number of carbonyl (C=O) groups is 4. The van der Waals surface area contributed by atoms with Gasteiger partial charge in [-0.15, -0.1) is 24.8 Å². The SMILES string of the molecule is CNCC(C(=O)OC(C)n1cc[n+](CC2CCc3c(c4ccccc4n3C)C2=O)c1C)C(C)C.Cc1n(C(C)OC(=O)C(CN)C(C)C)cc[n+]1CC1CCc2c(c3ccccc3n2C)C1=O.Cl.Cl. The first-order valence-corrected chi connectivity index (χ1v) is 24.1. The van der Waals surface area contributed by atoms with Gasteiger partial charge in [0.05, 0.1) is 23.7 Å². The van der Waals surface area contributed by atoms with Crippen molar-refractivity contribution in [2.24, 2.45) is 55.3 Å². The van der Waals surface area contributed by atoms with Crippen LogP contribution in [0.5, 0.6) is 0 Å². The second-order valence-electron chi connectivity index (χ2n) is 19.4. The first-order valence-electron chi connectivity index (χ1n) is 24.1. The zero-order chi connectivity index (χ0) is 48.4. The molecule has 6 atom stereocenters. The van der Waals surface area contributed by atoms with Crippen molar-refractivity contribution in [3.8, 4) is 0 Å².